The maximum Gasteiger partial charge on any atom is 0.135 e. The molecule has 0 aromatic heterocycles. The average Bonchev–Trinajstić information content (AvgIpc) is 2.73. The predicted octanol–water partition coefficient (Wildman–Crippen LogP) is 1.80. The summed E-state index contributed by atoms with van der Waals surface area (Å²) in [6, 6.07) is 8.15. The third-order valence-electron chi connectivity index (χ3n) is 2.86. The van der Waals surface area contributed by atoms with Gasteiger partial charge in [0.1, 0.15) is 17.9 Å². The predicted molar refractivity (Wildman–Crippen MR) is 62.2 cm³/mol. The molecule has 1 aliphatic carbocycles. The molecular formula is C13H16N2O. The summed E-state index contributed by atoms with van der Waals surface area (Å²) in [5.41, 5.74) is 7.56. The van der Waals surface area contributed by atoms with Gasteiger partial charge < -0.3 is 10.5 Å². The molecule has 0 saturated carbocycles. The van der Waals surface area contributed by atoms with Gasteiger partial charge in [0.25, 0.3) is 0 Å². The molecule has 0 fully saturated rings. The minimum atomic E-state index is -0.918. The zero-order chi connectivity index (χ0) is 11.6. The Balaban J connectivity index is 2.04. The van der Waals surface area contributed by atoms with Crippen molar-refractivity contribution in [3.8, 4) is 11.8 Å². The summed E-state index contributed by atoms with van der Waals surface area (Å²) in [6.07, 6.45) is 3.53. The summed E-state index contributed by atoms with van der Waals surface area (Å²) in [6.45, 7) is 1.89. The van der Waals surface area contributed by atoms with E-state index in [1.54, 1.807) is 6.92 Å². The van der Waals surface area contributed by atoms with Crippen molar-refractivity contribution >= 4 is 0 Å². The van der Waals surface area contributed by atoms with Crippen molar-refractivity contribution in [1.29, 1.82) is 5.26 Å². The molecule has 2 N–H and O–H groups in total. The molecule has 1 aromatic rings. The largest absolute Gasteiger partial charge is 0.491 e. The second-order valence-corrected chi connectivity index (χ2v) is 4.60. The zero-order valence-corrected chi connectivity index (χ0v) is 9.49. The third kappa shape index (κ3) is 2.34. The SMILES string of the molecule is CC(N)(C#N)COc1ccc2c(c1)CCC2. The van der Waals surface area contributed by atoms with Gasteiger partial charge in [0.2, 0.25) is 0 Å². The highest BCUT2D eigenvalue weighted by molar-refractivity contribution is 5.38. The van der Waals surface area contributed by atoms with Crippen molar-refractivity contribution in [2.24, 2.45) is 5.73 Å². The second-order valence-electron chi connectivity index (χ2n) is 4.60. The van der Waals surface area contributed by atoms with Crippen molar-refractivity contribution in [3.05, 3.63) is 29.3 Å². The fourth-order valence-electron chi connectivity index (χ4n) is 1.90. The Bertz CT molecular complexity index is 432. The first-order chi connectivity index (χ1) is 7.61. The number of hydrogen-bond donors (Lipinski definition) is 1. The number of nitrogens with two attached hydrogens (primary N) is 1. The molecule has 3 nitrogen and oxygen atoms in total. The highest BCUT2D eigenvalue weighted by Crippen LogP contribution is 2.26. The summed E-state index contributed by atoms with van der Waals surface area (Å²) < 4.78 is 5.54. The molecule has 3 heteroatoms. The van der Waals surface area contributed by atoms with E-state index < -0.39 is 5.54 Å². The molecule has 0 saturated heterocycles. The van der Waals surface area contributed by atoms with Gasteiger partial charge in [0.15, 0.2) is 0 Å². The normalized spacial score (nSPS) is 17.3. The van der Waals surface area contributed by atoms with Crippen LogP contribution < -0.4 is 10.5 Å². The molecule has 2 rings (SSSR count). The van der Waals surface area contributed by atoms with Gasteiger partial charge >= 0.3 is 0 Å². The van der Waals surface area contributed by atoms with Gasteiger partial charge in [-0.05, 0) is 49.4 Å². The number of benzene rings is 1. The molecule has 0 spiro atoms. The molecule has 1 aromatic carbocycles. The molecule has 0 heterocycles. The standard InChI is InChI=1S/C13H16N2O/c1-13(15,8-14)9-16-12-6-5-10-3-2-4-11(10)7-12/h5-7H,2-4,9,15H2,1H3. The van der Waals surface area contributed by atoms with Crippen LogP contribution in [0, 0.1) is 11.3 Å². The van der Waals surface area contributed by atoms with E-state index in [9.17, 15) is 0 Å². The summed E-state index contributed by atoms with van der Waals surface area (Å²) in [5, 5.41) is 8.77. The Hall–Kier alpha value is -1.53. The maximum atomic E-state index is 8.77. The number of ether oxygens (including phenoxy) is 1. The Labute approximate surface area is 95.8 Å². The van der Waals surface area contributed by atoms with Gasteiger partial charge in [0, 0.05) is 0 Å². The monoisotopic (exact) mass is 216 g/mol. The van der Waals surface area contributed by atoms with Gasteiger partial charge in [-0.15, -0.1) is 0 Å². The van der Waals surface area contributed by atoms with Crippen LogP contribution in [0.2, 0.25) is 0 Å². The molecule has 1 atom stereocenters. The Morgan fingerprint density at radius 2 is 2.19 bits per heavy atom. The van der Waals surface area contributed by atoms with E-state index in [4.69, 9.17) is 15.7 Å². The minimum absolute atomic E-state index is 0.224. The lowest BCUT2D eigenvalue weighted by Gasteiger charge is -2.16. The molecular weight excluding hydrogens is 200 g/mol. The van der Waals surface area contributed by atoms with Crippen LogP contribution in [0.3, 0.4) is 0 Å². The van der Waals surface area contributed by atoms with Crippen molar-refractivity contribution in [3.63, 3.8) is 0 Å². The highest BCUT2D eigenvalue weighted by atomic mass is 16.5. The van der Waals surface area contributed by atoms with Gasteiger partial charge in [-0.3, -0.25) is 0 Å². The van der Waals surface area contributed by atoms with E-state index in [0.29, 0.717) is 0 Å². The third-order valence-corrected chi connectivity index (χ3v) is 2.86. The minimum Gasteiger partial charge on any atom is -0.491 e. The van der Waals surface area contributed by atoms with Gasteiger partial charge in [-0.2, -0.15) is 5.26 Å². The van der Waals surface area contributed by atoms with Crippen molar-refractivity contribution in [1.82, 2.24) is 0 Å². The fourth-order valence-corrected chi connectivity index (χ4v) is 1.90. The van der Waals surface area contributed by atoms with E-state index in [1.165, 1.54) is 24.0 Å². The van der Waals surface area contributed by atoms with E-state index in [2.05, 4.69) is 12.1 Å². The van der Waals surface area contributed by atoms with Gasteiger partial charge in [0.05, 0.1) is 6.07 Å². The van der Waals surface area contributed by atoms with Crippen LogP contribution in [0.25, 0.3) is 0 Å². The van der Waals surface area contributed by atoms with E-state index in [-0.39, 0.29) is 6.61 Å². The summed E-state index contributed by atoms with van der Waals surface area (Å²) in [4.78, 5) is 0. The lowest BCUT2D eigenvalue weighted by Crippen LogP contribution is -2.40. The maximum absolute atomic E-state index is 8.77. The van der Waals surface area contributed by atoms with Gasteiger partial charge in [-0.25, -0.2) is 0 Å². The highest BCUT2D eigenvalue weighted by Gasteiger charge is 2.18. The zero-order valence-electron chi connectivity index (χ0n) is 9.49. The lowest BCUT2D eigenvalue weighted by atomic mass is 10.1. The topological polar surface area (TPSA) is 59.0 Å². The lowest BCUT2D eigenvalue weighted by molar-refractivity contribution is 0.264. The van der Waals surface area contributed by atoms with Crippen molar-refractivity contribution in [2.45, 2.75) is 31.7 Å². The van der Waals surface area contributed by atoms with Crippen LogP contribution >= 0.6 is 0 Å². The van der Waals surface area contributed by atoms with Crippen LogP contribution in [0.1, 0.15) is 24.5 Å². The number of aryl methyl sites for hydroxylation is 2. The van der Waals surface area contributed by atoms with Crippen LogP contribution in [-0.2, 0) is 12.8 Å². The summed E-state index contributed by atoms with van der Waals surface area (Å²) in [5.74, 6) is 0.813. The number of rotatable bonds is 3. The molecule has 1 aliphatic rings. The first-order valence-electron chi connectivity index (χ1n) is 5.55. The van der Waals surface area contributed by atoms with E-state index >= 15 is 0 Å². The average molecular weight is 216 g/mol. The number of nitriles is 1. The molecule has 0 radical (unpaired) electrons. The Kier molecular flexibility index (Phi) is 2.84. The molecule has 0 aliphatic heterocycles. The van der Waals surface area contributed by atoms with Crippen LogP contribution in [-0.4, -0.2) is 12.1 Å². The van der Waals surface area contributed by atoms with E-state index in [1.807, 2.05) is 12.1 Å². The van der Waals surface area contributed by atoms with E-state index in [0.717, 1.165) is 12.2 Å². The molecule has 0 bridgehead atoms. The summed E-state index contributed by atoms with van der Waals surface area (Å²) >= 11 is 0. The quantitative estimate of drug-likeness (QED) is 0.838. The first-order valence-corrected chi connectivity index (χ1v) is 5.55. The molecule has 0 amide bonds. The molecule has 16 heavy (non-hydrogen) atoms. The van der Waals surface area contributed by atoms with Crippen molar-refractivity contribution in [2.75, 3.05) is 6.61 Å². The summed E-state index contributed by atoms with van der Waals surface area (Å²) in [7, 11) is 0. The van der Waals surface area contributed by atoms with Crippen LogP contribution in [0.4, 0.5) is 0 Å². The van der Waals surface area contributed by atoms with Crippen LogP contribution in [0.15, 0.2) is 18.2 Å². The number of hydrogen-bond acceptors (Lipinski definition) is 3. The first kappa shape index (κ1) is 11.0. The molecule has 1 unspecified atom stereocenters. The van der Waals surface area contributed by atoms with Gasteiger partial charge in [-0.1, -0.05) is 6.07 Å². The second kappa shape index (κ2) is 4.15. The molecule has 84 valence electrons. The fraction of sp³-hybridized carbons (Fsp3) is 0.462. The smallest absolute Gasteiger partial charge is 0.135 e. The van der Waals surface area contributed by atoms with Crippen molar-refractivity contribution < 1.29 is 4.74 Å². The number of nitrogens with zero attached hydrogens (tertiary/aromatic N) is 1. The number of fused-ring (bicyclic) bond motifs is 1. The Morgan fingerprint density at radius 3 is 2.94 bits per heavy atom. The van der Waals surface area contributed by atoms with Crippen LogP contribution in [0.5, 0.6) is 5.75 Å². The Morgan fingerprint density at radius 1 is 1.44 bits per heavy atom.